The van der Waals surface area contributed by atoms with Crippen LogP contribution in [0.15, 0.2) is 30.3 Å². The topological polar surface area (TPSA) is 64.4 Å². The first-order chi connectivity index (χ1) is 10.4. The number of nitrogens with one attached hydrogen (secondary N) is 1. The minimum absolute atomic E-state index is 0. The van der Waals surface area contributed by atoms with Crippen molar-refractivity contribution < 1.29 is 9.53 Å². The zero-order chi connectivity index (χ0) is 16.0. The zero-order valence-corrected chi connectivity index (χ0v) is 14.9. The van der Waals surface area contributed by atoms with Gasteiger partial charge in [-0.15, -0.1) is 12.4 Å². The van der Waals surface area contributed by atoms with E-state index in [9.17, 15) is 4.79 Å². The molecule has 1 aliphatic carbocycles. The van der Waals surface area contributed by atoms with Crippen molar-refractivity contribution in [1.29, 1.82) is 0 Å². The lowest BCUT2D eigenvalue weighted by Crippen LogP contribution is -2.82. The third-order valence-corrected chi connectivity index (χ3v) is 5.71. The van der Waals surface area contributed by atoms with Gasteiger partial charge in [0.1, 0.15) is 5.54 Å². The number of benzene rings is 1. The third-order valence-electron chi connectivity index (χ3n) is 5.71. The molecule has 23 heavy (non-hydrogen) atoms. The average molecular weight is 339 g/mol. The maximum Gasteiger partial charge on any atom is 0.241 e. The number of carbonyl (C=O) groups excluding carboxylic acids is 1. The highest BCUT2D eigenvalue weighted by molar-refractivity contribution is 5.89. The molecular formula is C18H27ClN2O2. The molecule has 4 atom stereocenters. The first-order valence-electron chi connectivity index (χ1n) is 8.15. The van der Waals surface area contributed by atoms with Crippen LogP contribution in [0.4, 0.5) is 0 Å². The van der Waals surface area contributed by atoms with E-state index in [1.54, 1.807) is 0 Å². The number of hydrogen-bond donors (Lipinski definition) is 2. The molecule has 3 N–H and O–H groups in total. The second-order valence-electron chi connectivity index (χ2n) is 7.24. The molecule has 0 spiro atoms. The Labute approximate surface area is 144 Å². The van der Waals surface area contributed by atoms with Gasteiger partial charge in [0.2, 0.25) is 5.91 Å². The van der Waals surface area contributed by atoms with Crippen molar-refractivity contribution in [2.24, 2.45) is 17.1 Å². The van der Waals surface area contributed by atoms with Gasteiger partial charge in [-0.2, -0.15) is 0 Å². The third kappa shape index (κ3) is 2.67. The number of halogens is 1. The van der Waals surface area contributed by atoms with E-state index >= 15 is 0 Å². The summed E-state index contributed by atoms with van der Waals surface area (Å²) in [6.45, 7) is 6.87. The van der Waals surface area contributed by atoms with Crippen molar-refractivity contribution in [1.82, 2.24) is 5.32 Å². The van der Waals surface area contributed by atoms with Gasteiger partial charge in [0.25, 0.3) is 0 Å². The van der Waals surface area contributed by atoms with Crippen molar-refractivity contribution in [3.8, 4) is 0 Å². The van der Waals surface area contributed by atoms with Gasteiger partial charge >= 0.3 is 0 Å². The Bertz CT molecular complexity index is 563. The van der Waals surface area contributed by atoms with E-state index in [-0.39, 0.29) is 41.8 Å². The molecule has 1 aromatic rings. The van der Waals surface area contributed by atoms with Gasteiger partial charge in [-0.05, 0) is 25.3 Å². The molecule has 2 aliphatic rings. The second kappa shape index (κ2) is 6.42. The lowest BCUT2D eigenvalue weighted by molar-refractivity contribution is -0.225. The van der Waals surface area contributed by atoms with Gasteiger partial charge in [-0.25, -0.2) is 0 Å². The molecule has 4 nitrogen and oxygen atoms in total. The van der Waals surface area contributed by atoms with Crippen LogP contribution in [0, 0.1) is 11.3 Å². The number of amides is 1. The van der Waals surface area contributed by atoms with Crippen LogP contribution in [0.1, 0.15) is 45.2 Å². The lowest BCUT2D eigenvalue weighted by Gasteiger charge is -2.65. The Morgan fingerprint density at radius 2 is 2.00 bits per heavy atom. The minimum atomic E-state index is -0.846. The van der Waals surface area contributed by atoms with Gasteiger partial charge in [0.05, 0.1) is 12.1 Å². The maximum atomic E-state index is 12.9. The molecular weight excluding hydrogens is 312 g/mol. The van der Waals surface area contributed by atoms with Crippen molar-refractivity contribution >= 4 is 18.3 Å². The van der Waals surface area contributed by atoms with Gasteiger partial charge in [0.15, 0.2) is 0 Å². The molecule has 1 saturated heterocycles. The highest BCUT2D eigenvalue weighted by Crippen LogP contribution is 2.57. The van der Waals surface area contributed by atoms with E-state index in [0.29, 0.717) is 0 Å². The van der Waals surface area contributed by atoms with Crippen LogP contribution in [-0.4, -0.2) is 24.2 Å². The summed E-state index contributed by atoms with van der Waals surface area (Å²) in [6.07, 6.45) is 2.05. The molecule has 128 valence electrons. The molecule has 4 unspecified atom stereocenters. The number of fused-ring (bicyclic) bond motifs is 1. The molecule has 5 heteroatoms. The molecule has 1 aromatic carbocycles. The van der Waals surface area contributed by atoms with Crippen LogP contribution in [0.25, 0.3) is 0 Å². The largest absolute Gasteiger partial charge is 0.377 e. The fourth-order valence-electron chi connectivity index (χ4n) is 4.18. The quantitative estimate of drug-likeness (QED) is 0.890. The summed E-state index contributed by atoms with van der Waals surface area (Å²) < 4.78 is 5.87. The van der Waals surface area contributed by atoms with Crippen LogP contribution in [0.3, 0.4) is 0 Å². The summed E-state index contributed by atoms with van der Waals surface area (Å²) in [4.78, 5) is 12.9. The normalized spacial score (nSPS) is 32.7. The predicted molar refractivity (Wildman–Crippen MR) is 93.4 cm³/mol. The van der Waals surface area contributed by atoms with Crippen molar-refractivity contribution in [3.05, 3.63) is 35.9 Å². The average Bonchev–Trinajstić information content (AvgIpc) is 2.54. The Hall–Kier alpha value is -1.10. The van der Waals surface area contributed by atoms with E-state index in [2.05, 4.69) is 5.32 Å². The molecule has 1 saturated carbocycles. The van der Waals surface area contributed by atoms with Gasteiger partial charge < -0.3 is 15.8 Å². The van der Waals surface area contributed by atoms with Gasteiger partial charge in [0, 0.05) is 17.9 Å². The predicted octanol–water partition coefficient (Wildman–Crippen LogP) is 2.82. The Morgan fingerprint density at radius 1 is 1.35 bits per heavy atom. The van der Waals surface area contributed by atoms with E-state index in [1.165, 1.54) is 0 Å². The minimum Gasteiger partial charge on any atom is -0.377 e. The number of ether oxygens (including phenoxy) is 1. The summed E-state index contributed by atoms with van der Waals surface area (Å²) >= 11 is 0. The summed E-state index contributed by atoms with van der Waals surface area (Å²) in [5, 5.41) is 3.11. The lowest BCUT2D eigenvalue weighted by atomic mass is 9.46. The van der Waals surface area contributed by atoms with E-state index in [0.717, 1.165) is 25.0 Å². The monoisotopic (exact) mass is 338 g/mol. The van der Waals surface area contributed by atoms with Crippen LogP contribution < -0.4 is 11.1 Å². The zero-order valence-electron chi connectivity index (χ0n) is 14.0. The molecule has 1 heterocycles. The highest BCUT2D eigenvalue weighted by Gasteiger charge is 2.70. The Kier molecular flexibility index (Phi) is 5.09. The fraction of sp³-hybridized carbons (Fsp3) is 0.611. The van der Waals surface area contributed by atoms with Crippen molar-refractivity contribution in [3.63, 3.8) is 0 Å². The Morgan fingerprint density at radius 3 is 2.65 bits per heavy atom. The number of carbonyl (C=O) groups is 1. The van der Waals surface area contributed by atoms with E-state index < -0.39 is 5.54 Å². The standard InChI is InChI=1S/C18H26N2O2.ClH/c1-12(13-8-5-4-6-9-13)20-16(21)18(19)14-10-7-11-22-15(14)17(18,2)3;/h4-6,8-9,12,14-15H,7,10-11,19H2,1-3H3,(H,20,21);1H. The summed E-state index contributed by atoms with van der Waals surface area (Å²) in [6, 6.07) is 9.93. The SMILES string of the molecule is CC(NC(=O)C1(N)C2CCCOC2C1(C)C)c1ccccc1.Cl. The first kappa shape index (κ1) is 18.2. The maximum absolute atomic E-state index is 12.9. The van der Waals surface area contributed by atoms with Gasteiger partial charge in [-0.3, -0.25) is 4.79 Å². The Balaban J connectivity index is 0.00000192. The summed E-state index contributed by atoms with van der Waals surface area (Å²) in [5.41, 5.74) is 6.52. The first-order valence-corrected chi connectivity index (χ1v) is 8.15. The molecule has 1 aliphatic heterocycles. The van der Waals surface area contributed by atoms with Gasteiger partial charge in [-0.1, -0.05) is 44.2 Å². The van der Waals surface area contributed by atoms with E-state index in [4.69, 9.17) is 10.5 Å². The smallest absolute Gasteiger partial charge is 0.241 e. The fourth-order valence-corrected chi connectivity index (χ4v) is 4.18. The molecule has 0 bridgehead atoms. The van der Waals surface area contributed by atoms with Crippen LogP contribution in [-0.2, 0) is 9.53 Å². The second-order valence-corrected chi connectivity index (χ2v) is 7.24. The summed E-state index contributed by atoms with van der Waals surface area (Å²) in [5.74, 6) is 0.0693. The molecule has 0 aromatic heterocycles. The van der Waals surface area contributed by atoms with Crippen LogP contribution in [0.2, 0.25) is 0 Å². The molecule has 3 rings (SSSR count). The van der Waals surface area contributed by atoms with Crippen molar-refractivity contribution in [2.45, 2.75) is 51.3 Å². The molecule has 1 amide bonds. The van der Waals surface area contributed by atoms with Crippen LogP contribution in [0.5, 0.6) is 0 Å². The number of hydrogen-bond acceptors (Lipinski definition) is 3. The highest BCUT2D eigenvalue weighted by atomic mass is 35.5. The van der Waals surface area contributed by atoms with Crippen LogP contribution >= 0.6 is 12.4 Å². The molecule has 0 radical (unpaired) electrons. The number of nitrogens with two attached hydrogens (primary N) is 1. The number of rotatable bonds is 3. The van der Waals surface area contributed by atoms with E-state index in [1.807, 2.05) is 51.1 Å². The summed E-state index contributed by atoms with van der Waals surface area (Å²) in [7, 11) is 0. The molecule has 2 fully saturated rings. The van der Waals surface area contributed by atoms with Crippen molar-refractivity contribution in [2.75, 3.05) is 6.61 Å².